The topological polar surface area (TPSA) is 46.6 Å². The van der Waals surface area contributed by atoms with Crippen LogP contribution >= 0.6 is 0 Å². The van der Waals surface area contributed by atoms with Crippen molar-refractivity contribution in [2.75, 3.05) is 12.0 Å². The molecular weight excluding hydrogens is 350 g/mol. The highest BCUT2D eigenvalue weighted by molar-refractivity contribution is 6.07. The fourth-order valence-corrected chi connectivity index (χ4v) is 4.42. The molecule has 4 nitrogen and oxygen atoms in total. The lowest BCUT2D eigenvalue weighted by atomic mass is 9.77. The fraction of sp³-hybridized carbons (Fsp3) is 0.333. The first kappa shape index (κ1) is 18.5. The summed E-state index contributed by atoms with van der Waals surface area (Å²) in [4.78, 5) is 28.1. The summed E-state index contributed by atoms with van der Waals surface area (Å²) in [7, 11) is 1.63. The van der Waals surface area contributed by atoms with Gasteiger partial charge in [0.05, 0.1) is 12.8 Å². The maximum absolute atomic E-state index is 13.3. The van der Waals surface area contributed by atoms with E-state index in [1.54, 1.807) is 7.11 Å². The number of ketones is 1. The number of aryl methyl sites for hydroxylation is 1. The van der Waals surface area contributed by atoms with Crippen molar-refractivity contribution in [3.63, 3.8) is 0 Å². The summed E-state index contributed by atoms with van der Waals surface area (Å²) >= 11 is 0. The van der Waals surface area contributed by atoms with Gasteiger partial charge in [-0.1, -0.05) is 37.3 Å². The van der Waals surface area contributed by atoms with Crippen LogP contribution in [0.4, 0.5) is 5.69 Å². The summed E-state index contributed by atoms with van der Waals surface area (Å²) in [6.07, 6.45) is 3.28. The van der Waals surface area contributed by atoms with Crippen molar-refractivity contribution in [1.82, 2.24) is 0 Å². The molecule has 2 aliphatic rings. The number of hydrogen-bond donors (Lipinski definition) is 0. The summed E-state index contributed by atoms with van der Waals surface area (Å²) in [6, 6.07) is 15.7. The molecule has 28 heavy (non-hydrogen) atoms. The SMILES string of the molecule is CCc1ccccc1N1C(=O)CC(c2ccc(OC)cc2)C2=C1CCCC2=O. The summed E-state index contributed by atoms with van der Waals surface area (Å²) in [5.74, 6) is 0.837. The zero-order valence-corrected chi connectivity index (χ0v) is 16.4. The van der Waals surface area contributed by atoms with Crippen LogP contribution in [0, 0.1) is 0 Å². The Kier molecular flexibility index (Phi) is 5.03. The van der Waals surface area contributed by atoms with Crippen LogP contribution in [0.1, 0.15) is 49.7 Å². The Bertz CT molecular complexity index is 943. The van der Waals surface area contributed by atoms with E-state index in [9.17, 15) is 9.59 Å². The van der Waals surface area contributed by atoms with Crippen LogP contribution in [0.2, 0.25) is 0 Å². The first-order chi connectivity index (χ1) is 13.6. The van der Waals surface area contributed by atoms with Crippen LogP contribution in [0.25, 0.3) is 0 Å². The fourth-order valence-electron chi connectivity index (χ4n) is 4.42. The zero-order valence-electron chi connectivity index (χ0n) is 16.4. The third kappa shape index (κ3) is 3.13. The molecule has 0 saturated heterocycles. The lowest BCUT2D eigenvalue weighted by Crippen LogP contribution is -2.41. The van der Waals surface area contributed by atoms with Gasteiger partial charge in [0.15, 0.2) is 5.78 Å². The highest BCUT2D eigenvalue weighted by atomic mass is 16.5. The van der Waals surface area contributed by atoms with Crippen LogP contribution in [-0.4, -0.2) is 18.8 Å². The molecule has 144 valence electrons. The molecule has 0 bridgehead atoms. The molecule has 0 radical (unpaired) electrons. The minimum absolute atomic E-state index is 0.0650. The molecule has 1 heterocycles. The van der Waals surface area contributed by atoms with Gasteiger partial charge in [-0.15, -0.1) is 0 Å². The molecule has 4 heteroatoms. The normalized spacial score (nSPS) is 19.6. The average molecular weight is 375 g/mol. The molecule has 1 aliphatic carbocycles. The van der Waals surface area contributed by atoms with Crippen molar-refractivity contribution < 1.29 is 14.3 Å². The van der Waals surface area contributed by atoms with E-state index in [2.05, 4.69) is 13.0 Å². The summed E-state index contributed by atoms with van der Waals surface area (Å²) in [5.41, 5.74) is 4.77. The Hall–Kier alpha value is -2.88. The van der Waals surface area contributed by atoms with E-state index in [4.69, 9.17) is 4.74 Å². The van der Waals surface area contributed by atoms with E-state index in [0.717, 1.165) is 53.1 Å². The molecule has 1 unspecified atom stereocenters. The number of rotatable bonds is 4. The lowest BCUT2D eigenvalue weighted by molar-refractivity contribution is -0.119. The number of hydrogen-bond acceptors (Lipinski definition) is 3. The van der Waals surface area contributed by atoms with Gasteiger partial charge in [-0.3, -0.25) is 14.5 Å². The van der Waals surface area contributed by atoms with E-state index >= 15 is 0 Å². The molecule has 1 atom stereocenters. The van der Waals surface area contributed by atoms with Crippen LogP contribution in [0.15, 0.2) is 59.8 Å². The quantitative estimate of drug-likeness (QED) is 0.772. The molecule has 2 aromatic carbocycles. The summed E-state index contributed by atoms with van der Waals surface area (Å²) < 4.78 is 5.25. The molecule has 0 saturated carbocycles. The number of nitrogens with zero attached hydrogens (tertiary/aromatic N) is 1. The number of carbonyl (C=O) groups excluding carboxylic acids is 2. The van der Waals surface area contributed by atoms with Crippen molar-refractivity contribution in [2.24, 2.45) is 0 Å². The Morgan fingerprint density at radius 3 is 2.50 bits per heavy atom. The van der Waals surface area contributed by atoms with Gasteiger partial charge in [0.25, 0.3) is 0 Å². The number of ether oxygens (including phenoxy) is 1. The molecule has 1 aliphatic heterocycles. The van der Waals surface area contributed by atoms with Gasteiger partial charge in [0, 0.05) is 30.0 Å². The van der Waals surface area contributed by atoms with Gasteiger partial charge in [0.2, 0.25) is 5.91 Å². The second kappa shape index (κ2) is 7.63. The molecule has 0 N–H and O–H groups in total. The number of Topliss-reactive ketones (excluding diaryl/α,β-unsaturated/α-hetero) is 1. The summed E-state index contributed by atoms with van der Waals surface area (Å²) in [5, 5.41) is 0. The Labute approximate surface area is 165 Å². The number of carbonyl (C=O) groups is 2. The van der Waals surface area contributed by atoms with E-state index in [0.29, 0.717) is 12.8 Å². The lowest BCUT2D eigenvalue weighted by Gasteiger charge is -2.39. The summed E-state index contributed by atoms with van der Waals surface area (Å²) in [6.45, 7) is 2.09. The highest BCUT2D eigenvalue weighted by Crippen LogP contribution is 2.44. The monoisotopic (exact) mass is 375 g/mol. The first-order valence-corrected chi connectivity index (χ1v) is 9.95. The van der Waals surface area contributed by atoms with E-state index in [1.165, 1.54) is 0 Å². The largest absolute Gasteiger partial charge is 0.497 e. The standard InChI is InChI=1S/C24H25NO3/c1-3-16-7-4-5-8-20(16)25-21-9-6-10-22(26)24(21)19(15-23(25)27)17-11-13-18(28-2)14-12-17/h4-5,7-8,11-14,19H,3,6,9-10,15H2,1-2H3. The minimum atomic E-state index is -0.175. The second-order valence-electron chi connectivity index (χ2n) is 7.38. The third-order valence-corrected chi connectivity index (χ3v) is 5.81. The van der Waals surface area contributed by atoms with E-state index in [1.807, 2.05) is 47.4 Å². The smallest absolute Gasteiger partial charge is 0.232 e. The molecule has 2 aromatic rings. The van der Waals surface area contributed by atoms with Crippen molar-refractivity contribution in [1.29, 1.82) is 0 Å². The van der Waals surface area contributed by atoms with Gasteiger partial charge in [-0.25, -0.2) is 0 Å². The second-order valence-corrected chi connectivity index (χ2v) is 7.38. The molecule has 1 amide bonds. The number of para-hydroxylation sites is 1. The van der Waals surface area contributed by atoms with Crippen molar-refractivity contribution in [3.8, 4) is 5.75 Å². The maximum atomic E-state index is 13.3. The number of benzene rings is 2. The Morgan fingerprint density at radius 1 is 1.04 bits per heavy atom. The van der Waals surface area contributed by atoms with Gasteiger partial charge in [-0.2, -0.15) is 0 Å². The average Bonchev–Trinajstić information content (AvgIpc) is 2.73. The van der Waals surface area contributed by atoms with Gasteiger partial charge >= 0.3 is 0 Å². The molecular formula is C24H25NO3. The first-order valence-electron chi connectivity index (χ1n) is 9.95. The maximum Gasteiger partial charge on any atom is 0.232 e. The number of allylic oxidation sites excluding steroid dienone is 2. The number of amides is 1. The van der Waals surface area contributed by atoms with Gasteiger partial charge in [0.1, 0.15) is 5.75 Å². The molecule has 4 rings (SSSR count). The number of methoxy groups -OCH3 is 1. The number of anilines is 1. The predicted octanol–water partition coefficient (Wildman–Crippen LogP) is 4.79. The zero-order chi connectivity index (χ0) is 19.7. The Morgan fingerprint density at radius 2 is 1.79 bits per heavy atom. The van der Waals surface area contributed by atoms with Gasteiger partial charge < -0.3 is 4.74 Å². The van der Waals surface area contributed by atoms with Crippen molar-refractivity contribution >= 4 is 17.4 Å². The third-order valence-electron chi connectivity index (χ3n) is 5.81. The van der Waals surface area contributed by atoms with Crippen LogP contribution in [0.5, 0.6) is 5.75 Å². The molecule has 0 spiro atoms. The Balaban J connectivity index is 1.84. The highest BCUT2D eigenvalue weighted by Gasteiger charge is 2.40. The van der Waals surface area contributed by atoms with Crippen LogP contribution in [-0.2, 0) is 16.0 Å². The van der Waals surface area contributed by atoms with Crippen molar-refractivity contribution in [3.05, 3.63) is 70.9 Å². The minimum Gasteiger partial charge on any atom is -0.497 e. The molecule has 0 fully saturated rings. The van der Waals surface area contributed by atoms with Crippen molar-refractivity contribution in [2.45, 2.75) is 44.9 Å². The molecule has 0 aromatic heterocycles. The van der Waals surface area contributed by atoms with E-state index < -0.39 is 0 Å². The predicted molar refractivity (Wildman–Crippen MR) is 110 cm³/mol. The van der Waals surface area contributed by atoms with Crippen LogP contribution in [0.3, 0.4) is 0 Å². The van der Waals surface area contributed by atoms with Gasteiger partial charge in [-0.05, 0) is 48.6 Å². The van der Waals surface area contributed by atoms with E-state index in [-0.39, 0.29) is 17.6 Å². The van der Waals surface area contributed by atoms with Crippen LogP contribution < -0.4 is 9.64 Å².